The Bertz CT molecular complexity index is 587. The number of hydrogen-bond donors (Lipinski definition) is 0. The Morgan fingerprint density at radius 1 is 1.00 bits per heavy atom. The van der Waals surface area contributed by atoms with Crippen LogP contribution in [-0.4, -0.2) is 0 Å². The van der Waals surface area contributed by atoms with E-state index in [1.165, 1.54) is 12.1 Å². The van der Waals surface area contributed by atoms with Gasteiger partial charge in [0.05, 0.1) is 4.83 Å². The highest BCUT2D eigenvalue weighted by atomic mass is 79.9. The van der Waals surface area contributed by atoms with Gasteiger partial charge in [-0.3, -0.25) is 0 Å². The smallest absolute Gasteiger partial charge is 0.123 e. The minimum Gasteiger partial charge on any atom is -0.207 e. The van der Waals surface area contributed by atoms with Crippen LogP contribution in [0.5, 0.6) is 0 Å². The topological polar surface area (TPSA) is 0 Å². The molecular weight excluding hydrogens is 406 g/mol. The summed E-state index contributed by atoms with van der Waals surface area (Å²) in [6, 6.07) is 9.78. The number of benzene rings is 2. The molecular formula is C13H7Br2Cl2F. The van der Waals surface area contributed by atoms with Gasteiger partial charge < -0.3 is 0 Å². The summed E-state index contributed by atoms with van der Waals surface area (Å²) in [4.78, 5) is -0.202. The Hall–Kier alpha value is -0.0900. The maximum absolute atomic E-state index is 13.3. The Labute approximate surface area is 131 Å². The number of hydrogen-bond acceptors (Lipinski definition) is 0. The number of halogens is 5. The SMILES string of the molecule is Fc1ccc(Br)c(C(Br)c2ccc(Cl)cc2Cl)c1. The fourth-order valence-electron chi connectivity index (χ4n) is 1.58. The standard InChI is InChI=1S/C13H7Br2Cl2F/c14-11-4-2-8(18)6-10(11)13(15)9-3-1-7(16)5-12(9)17/h1-6,13H. The van der Waals surface area contributed by atoms with Crippen LogP contribution in [0.15, 0.2) is 40.9 Å². The van der Waals surface area contributed by atoms with E-state index in [1.54, 1.807) is 18.2 Å². The fourth-order valence-corrected chi connectivity index (χ4v) is 3.79. The summed E-state index contributed by atoms with van der Waals surface area (Å²) in [6.07, 6.45) is 0. The Kier molecular flexibility index (Phi) is 4.70. The van der Waals surface area contributed by atoms with Crippen LogP contribution in [0.2, 0.25) is 10.0 Å². The molecule has 5 heteroatoms. The highest BCUT2D eigenvalue weighted by molar-refractivity contribution is 9.11. The molecule has 18 heavy (non-hydrogen) atoms. The van der Waals surface area contributed by atoms with Crippen LogP contribution in [0.4, 0.5) is 4.39 Å². The third kappa shape index (κ3) is 3.08. The van der Waals surface area contributed by atoms with Gasteiger partial charge in [0.1, 0.15) is 5.82 Å². The zero-order chi connectivity index (χ0) is 13.3. The first-order valence-electron chi connectivity index (χ1n) is 5.03. The molecule has 2 aromatic rings. The first-order chi connectivity index (χ1) is 8.49. The molecule has 0 saturated carbocycles. The van der Waals surface area contributed by atoms with Crippen molar-refractivity contribution in [2.45, 2.75) is 4.83 Å². The van der Waals surface area contributed by atoms with Gasteiger partial charge in [-0.15, -0.1) is 0 Å². The lowest BCUT2D eigenvalue weighted by Crippen LogP contribution is -1.96. The third-order valence-electron chi connectivity index (χ3n) is 2.47. The molecule has 0 N–H and O–H groups in total. The molecule has 0 nitrogen and oxygen atoms in total. The van der Waals surface area contributed by atoms with E-state index < -0.39 is 0 Å². The molecule has 0 spiro atoms. The predicted octanol–water partition coefficient (Wildman–Crippen LogP) is 6.38. The molecule has 0 saturated heterocycles. The normalized spacial score (nSPS) is 12.5. The van der Waals surface area contributed by atoms with Crippen LogP contribution in [-0.2, 0) is 0 Å². The zero-order valence-corrected chi connectivity index (χ0v) is 13.6. The lowest BCUT2D eigenvalue weighted by Gasteiger charge is -2.14. The average Bonchev–Trinajstić information content (AvgIpc) is 2.31. The molecule has 0 aliphatic heterocycles. The molecule has 0 radical (unpaired) electrons. The molecule has 0 fully saturated rings. The molecule has 1 unspecified atom stereocenters. The van der Waals surface area contributed by atoms with Crippen LogP contribution in [0.3, 0.4) is 0 Å². The van der Waals surface area contributed by atoms with Gasteiger partial charge in [0, 0.05) is 14.5 Å². The van der Waals surface area contributed by atoms with Gasteiger partial charge in [-0.1, -0.05) is 61.1 Å². The van der Waals surface area contributed by atoms with Gasteiger partial charge in [0.25, 0.3) is 0 Å². The second-order valence-electron chi connectivity index (χ2n) is 3.69. The summed E-state index contributed by atoms with van der Waals surface area (Å²) in [7, 11) is 0. The molecule has 1 atom stereocenters. The van der Waals surface area contributed by atoms with E-state index in [0.717, 1.165) is 15.6 Å². The molecule has 0 aromatic heterocycles. The molecule has 2 aromatic carbocycles. The van der Waals surface area contributed by atoms with Gasteiger partial charge in [0.2, 0.25) is 0 Å². The maximum Gasteiger partial charge on any atom is 0.123 e. The zero-order valence-electron chi connectivity index (χ0n) is 8.93. The average molecular weight is 413 g/mol. The second-order valence-corrected chi connectivity index (χ2v) is 6.31. The summed E-state index contributed by atoms with van der Waals surface area (Å²) in [5, 5.41) is 1.11. The van der Waals surface area contributed by atoms with Crippen molar-refractivity contribution in [3.8, 4) is 0 Å². The molecule has 0 heterocycles. The van der Waals surface area contributed by atoms with E-state index in [1.807, 2.05) is 6.07 Å². The van der Waals surface area contributed by atoms with Crippen molar-refractivity contribution in [1.29, 1.82) is 0 Å². The van der Waals surface area contributed by atoms with E-state index in [2.05, 4.69) is 31.9 Å². The van der Waals surface area contributed by atoms with E-state index in [-0.39, 0.29) is 10.6 Å². The Morgan fingerprint density at radius 2 is 1.72 bits per heavy atom. The lowest BCUT2D eigenvalue weighted by atomic mass is 10.0. The number of rotatable bonds is 2. The minimum absolute atomic E-state index is 0.202. The monoisotopic (exact) mass is 410 g/mol. The van der Waals surface area contributed by atoms with Crippen molar-refractivity contribution in [1.82, 2.24) is 0 Å². The fraction of sp³-hybridized carbons (Fsp3) is 0.0769. The number of alkyl halides is 1. The molecule has 0 amide bonds. The van der Waals surface area contributed by atoms with E-state index >= 15 is 0 Å². The lowest BCUT2D eigenvalue weighted by molar-refractivity contribution is 0.625. The highest BCUT2D eigenvalue weighted by Gasteiger charge is 2.17. The largest absolute Gasteiger partial charge is 0.207 e. The Morgan fingerprint density at radius 3 is 2.39 bits per heavy atom. The summed E-state index contributed by atoms with van der Waals surface area (Å²) in [5.41, 5.74) is 1.62. The van der Waals surface area contributed by atoms with Crippen LogP contribution in [0, 0.1) is 5.82 Å². The van der Waals surface area contributed by atoms with Crippen LogP contribution in [0.1, 0.15) is 16.0 Å². The van der Waals surface area contributed by atoms with Gasteiger partial charge in [0.15, 0.2) is 0 Å². The highest BCUT2D eigenvalue weighted by Crippen LogP contribution is 2.39. The van der Waals surface area contributed by atoms with Crippen molar-refractivity contribution in [3.05, 3.63) is 67.9 Å². The quantitative estimate of drug-likeness (QED) is 0.502. The van der Waals surface area contributed by atoms with Crippen molar-refractivity contribution in [2.75, 3.05) is 0 Å². The van der Waals surface area contributed by atoms with Crippen LogP contribution in [0.25, 0.3) is 0 Å². The van der Waals surface area contributed by atoms with E-state index in [9.17, 15) is 4.39 Å². The van der Waals surface area contributed by atoms with Crippen molar-refractivity contribution in [3.63, 3.8) is 0 Å². The first kappa shape index (κ1) is 14.3. The molecule has 2 rings (SSSR count). The summed E-state index contributed by atoms with van der Waals surface area (Å²) in [5.74, 6) is -0.289. The molecule has 0 aliphatic carbocycles. The maximum atomic E-state index is 13.3. The first-order valence-corrected chi connectivity index (χ1v) is 7.49. The van der Waals surface area contributed by atoms with Crippen LogP contribution >= 0.6 is 55.1 Å². The summed E-state index contributed by atoms with van der Waals surface area (Å²) in [6.45, 7) is 0. The van der Waals surface area contributed by atoms with Crippen molar-refractivity contribution in [2.24, 2.45) is 0 Å². The van der Waals surface area contributed by atoms with Crippen molar-refractivity contribution >= 4 is 55.1 Å². The van der Waals surface area contributed by atoms with Gasteiger partial charge in [-0.25, -0.2) is 4.39 Å². The second kappa shape index (κ2) is 5.91. The summed E-state index contributed by atoms with van der Waals surface area (Å²) < 4.78 is 14.1. The van der Waals surface area contributed by atoms with Gasteiger partial charge in [-0.2, -0.15) is 0 Å². The van der Waals surface area contributed by atoms with E-state index in [4.69, 9.17) is 23.2 Å². The van der Waals surface area contributed by atoms with Gasteiger partial charge >= 0.3 is 0 Å². The van der Waals surface area contributed by atoms with Crippen molar-refractivity contribution < 1.29 is 4.39 Å². The summed E-state index contributed by atoms with van der Waals surface area (Å²) >= 11 is 18.9. The molecule has 94 valence electrons. The van der Waals surface area contributed by atoms with E-state index in [0.29, 0.717) is 10.0 Å². The van der Waals surface area contributed by atoms with Crippen LogP contribution < -0.4 is 0 Å². The third-order valence-corrected chi connectivity index (χ3v) is 4.74. The van der Waals surface area contributed by atoms with Gasteiger partial charge in [-0.05, 0) is 41.5 Å². The molecule has 0 aliphatic rings. The molecule has 0 bridgehead atoms. The predicted molar refractivity (Wildman–Crippen MR) is 81.3 cm³/mol. The Balaban J connectivity index is 2.47. The minimum atomic E-state index is -0.289.